The third-order valence-corrected chi connectivity index (χ3v) is 4.21. The van der Waals surface area contributed by atoms with Crippen molar-refractivity contribution in [1.29, 1.82) is 0 Å². The van der Waals surface area contributed by atoms with E-state index in [1.54, 1.807) is 7.05 Å². The molecular formula is C19H29FN4O2. The molecule has 2 rings (SSSR count). The highest BCUT2D eigenvalue weighted by Gasteiger charge is 2.44. The van der Waals surface area contributed by atoms with Gasteiger partial charge in [-0.3, -0.25) is 4.99 Å². The predicted octanol–water partition coefficient (Wildman–Crippen LogP) is 2.55. The maximum Gasteiger partial charge on any atom is 0.407 e. The van der Waals surface area contributed by atoms with E-state index in [0.717, 1.165) is 24.9 Å². The van der Waals surface area contributed by atoms with Gasteiger partial charge in [0.1, 0.15) is 11.4 Å². The second-order valence-corrected chi connectivity index (χ2v) is 7.57. The van der Waals surface area contributed by atoms with Crippen LogP contribution in [0.2, 0.25) is 0 Å². The molecule has 3 N–H and O–H groups in total. The van der Waals surface area contributed by atoms with Crippen LogP contribution < -0.4 is 16.0 Å². The molecule has 0 heterocycles. The molecule has 144 valence electrons. The molecule has 0 saturated heterocycles. The first-order valence-corrected chi connectivity index (χ1v) is 8.91. The molecule has 0 radical (unpaired) electrons. The Morgan fingerprint density at radius 2 is 1.77 bits per heavy atom. The van der Waals surface area contributed by atoms with Gasteiger partial charge in [-0.15, -0.1) is 0 Å². The van der Waals surface area contributed by atoms with Gasteiger partial charge in [0, 0.05) is 32.1 Å². The van der Waals surface area contributed by atoms with Crippen LogP contribution in [0, 0.1) is 5.82 Å². The van der Waals surface area contributed by atoms with Crippen LogP contribution in [0.3, 0.4) is 0 Å². The molecule has 7 heteroatoms. The molecular weight excluding hydrogens is 335 g/mol. The first kappa shape index (κ1) is 20.0. The Kier molecular flexibility index (Phi) is 6.45. The minimum atomic E-state index is -0.506. The van der Waals surface area contributed by atoms with Gasteiger partial charge >= 0.3 is 6.09 Å². The zero-order chi connectivity index (χ0) is 19.2. The fourth-order valence-electron chi connectivity index (χ4n) is 2.66. The lowest BCUT2D eigenvalue weighted by atomic mass is 9.96. The third-order valence-electron chi connectivity index (χ3n) is 4.21. The largest absolute Gasteiger partial charge is 0.444 e. The maximum atomic E-state index is 13.1. The Balaban J connectivity index is 1.71. The average molecular weight is 364 g/mol. The lowest BCUT2D eigenvalue weighted by molar-refractivity contribution is 0.0529. The van der Waals surface area contributed by atoms with Gasteiger partial charge in [0.05, 0.1) is 0 Å². The van der Waals surface area contributed by atoms with Gasteiger partial charge in [0.2, 0.25) is 0 Å². The highest BCUT2D eigenvalue weighted by atomic mass is 19.1. The Bertz CT molecular complexity index is 634. The zero-order valence-corrected chi connectivity index (χ0v) is 16.0. The summed E-state index contributed by atoms with van der Waals surface area (Å²) in [5.74, 6) is 0.455. The summed E-state index contributed by atoms with van der Waals surface area (Å²) in [5.41, 5.74) is 0.696. The molecule has 1 aromatic rings. The van der Waals surface area contributed by atoms with Gasteiger partial charge < -0.3 is 20.7 Å². The molecule has 0 unspecified atom stereocenters. The van der Waals surface area contributed by atoms with Crippen molar-refractivity contribution in [2.75, 3.05) is 26.7 Å². The third kappa shape index (κ3) is 6.20. The average Bonchev–Trinajstić information content (AvgIpc) is 3.34. The number of nitrogens with zero attached hydrogens (tertiary/aromatic N) is 1. The van der Waals surface area contributed by atoms with Crippen LogP contribution in [0.5, 0.6) is 0 Å². The zero-order valence-electron chi connectivity index (χ0n) is 16.0. The number of aliphatic imine (C=N–C) groups is 1. The number of halogens is 1. The monoisotopic (exact) mass is 364 g/mol. The van der Waals surface area contributed by atoms with E-state index in [9.17, 15) is 9.18 Å². The van der Waals surface area contributed by atoms with Crippen molar-refractivity contribution in [3.05, 3.63) is 35.6 Å². The van der Waals surface area contributed by atoms with E-state index in [0.29, 0.717) is 19.0 Å². The van der Waals surface area contributed by atoms with Gasteiger partial charge in [0.25, 0.3) is 0 Å². The summed E-state index contributed by atoms with van der Waals surface area (Å²) in [6, 6.07) is 6.71. The van der Waals surface area contributed by atoms with Crippen LogP contribution in [0.15, 0.2) is 29.3 Å². The van der Waals surface area contributed by atoms with Crippen LogP contribution in [0.1, 0.15) is 39.2 Å². The number of carbonyl (C=O) groups excluding carboxylic acids is 1. The molecule has 0 bridgehead atoms. The number of hydrogen-bond acceptors (Lipinski definition) is 3. The molecule has 26 heavy (non-hydrogen) atoms. The lowest BCUT2D eigenvalue weighted by Gasteiger charge is -2.20. The van der Waals surface area contributed by atoms with Crippen molar-refractivity contribution in [3.8, 4) is 0 Å². The maximum absolute atomic E-state index is 13.1. The van der Waals surface area contributed by atoms with E-state index in [1.807, 2.05) is 32.9 Å². The number of guanidine groups is 1. The van der Waals surface area contributed by atoms with Crippen molar-refractivity contribution >= 4 is 12.1 Å². The topological polar surface area (TPSA) is 74.8 Å². The smallest absolute Gasteiger partial charge is 0.407 e. The minimum Gasteiger partial charge on any atom is -0.444 e. The summed E-state index contributed by atoms with van der Waals surface area (Å²) >= 11 is 0. The Morgan fingerprint density at radius 1 is 1.15 bits per heavy atom. The minimum absolute atomic E-state index is 0.0556. The van der Waals surface area contributed by atoms with Gasteiger partial charge in [-0.25, -0.2) is 9.18 Å². The molecule has 1 aliphatic carbocycles. The van der Waals surface area contributed by atoms with E-state index in [2.05, 4.69) is 20.9 Å². The van der Waals surface area contributed by atoms with E-state index >= 15 is 0 Å². The number of nitrogens with one attached hydrogen (secondary N) is 3. The second-order valence-electron chi connectivity index (χ2n) is 7.57. The van der Waals surface area contributed by atoms with E-state index in [-0.39, 0.29) is 11.2 Å². The first-order chi connectivity index (χ1) is 12.2. The normalized spacial score (nSPS) is 16.0. The first-order valence-electron chi connectivity index (χ1n) is 8.91. The molecule has 0 aromatic heterocycles. The highest BCUT2D eigenvalue weighted by molar-refractivity contribution is 5.80. The van der Waals surface area contributed by atoms with Gasteiger partial charge in [-0.1, -0.05) is 12.1 Å². The van der Waals surface area contributed by atoms with Gasteiger partial charge in [-0.05, 0) is 51.3 Å². The quantitative estimate of drug-likeness (QED) is 0.412. The number of benzene rings is 1. The number of rotatable bonds is 6. The van der Waals surface area contributed by atoms with Crippen molar-refractivity contribution < 1.29 is 13.9 Å². The Labute approximate surface area is 154 Å². The molecule has 6 nitrogen and oxygen atoms in total. The molecule has 0 atom stereocenters. The SMILES string of the molecule is CN=C(NCCNC(=O)OC(C)(C)C)NCC1(c2ccc(F)cc2)CC1. The van der Waals surface area contributed by atoms with Crippen LogP contribution >= 0.6 is 0 Å². The Hall–Kier alpha value is -2.31. The van der Waals surface area contributed by atoms with Crippen LogP contribution in [-0.4, -0.2) is 44.3 Å². The number of carbonyl (C=O) groups is 1. The summed E-state index contributed by atoms with van der Waals surface area (Å²) in [6.07, 6.45) is 1.71. The molecule has 0 spiro atoms. The van der Waals surface area contributed by atoms with Gasteiger partial charge in [0.15, 0.2) is 5.96 Å². The van der Waals surface area contributed by atoms with Crippen molar-refractivity contribution in [2.24, 2.45) is 4.99 Å². The molecule has 0 aliphatic heterocycles. The molecule has 1 amide bonds. The molecule has 1 aromatic carbocycles. The summed E-state index contributed by atoms with van der Waals surface area (Å²) < 4.78 is 18.3. The van der Waals surface area contributed by atoms with E-state index < -0.39 is 11.7 Å². The van der Waals surface area contributed by atoms with Crippen molar-refractivity contribution in [1.82, 2.24) is 16.0 Å². The Morgan fingerprint density at radius 3 is 2.31 bits per heavy atom. The van der Waals surface area contributed by atoms with E-state index in [4.69, 9.17) is 4.74 Å². The van der Waals surface area contributed by atoms with Crippen molar-refractivity contribution in [2.45, 2.75) is 44.6 Å². The van der Waals surface area contributed by atoms with Crippen LogP contribution in [0.4, 0.5) is 9.18 Å². The molecule has 1 fully saturated rings. The summed E-state index contributed by atoms with van der Waals surface area (Å²) in [4.78, 5) is 15.8. The standard InChI is InChI=1S/C19H29FN4O2/c1-18(2,3)26-17(25)23-12-11-22-16(21-4)24-13-19(9-10-19)14-5-7-15(20)8-6-14/h5-8H,9-13H2,1-4H3,(H,23,25)(H2,21,22,24). The fourth-order valence-corrected chi connectivity index (χ4v) is 2.66. The molecule has 1 saturated carbocycles. The van der Waals surface area contributed by atoms with E-state index in [1.165, 1.54) is 12.1 Å². The second kappa shape index (κ2) is 8.38. The number of ether oxygens (including phenoxy) is 1. The lowest BCUT2D eigenvalue weighted by Crippen LogP contribution is -2.44. The van der Waals surface area contributed by atoms with Crippen LogP contribution in [-0.2, 0) is 10.2 Å². The predicted molar refractivity (Wildman–Crippen MR) is 101 cm³/mol. The number of alkyl carbamates (subject to hydrolysis) is 1. The molecule has 1 aliphatic rings. The summed E-state index contributed by atoms with van der Waals surface area (Å²) in [6.45, 7) is 7.17. The van der Waals surface area contributed by atoms with Crippen LogP contribution in [0.25, 0.3) is 0 Å². The van der Waals surface area contributed by atoms with Crippen molar-refractivity contribution in [3.63, 3.8) is 0 Å². The summed E-state index contributed by atoms with van der Waals surface area (Å²) in [5, 5.41) is 9.16. The highest BCUT2D eigenvalue weighted by Crippen LogP contribution is 2.47. The fraction of sp³-hybridized carbons (Fsp3) is 0.579. The van der Waals surface area contributed by atoms with Gasteiger partial charge in [-0.2, -0.15) is 0 Å². The number of amides is 1. The summed E-state index contributed by atoms with van der Waals surface area (Å²) in [7, 11) is 1.70. The number of hydrogen-bond donors (Lipinski definition) is 3.